The molecular formula is C22H21NO2. The first-order chi connectivity index (χ1) is 12.2. The molecule has 1 aliphatic rings. The number of anilines is 1. The van der Waals surface area contributed by atoms with Crippen molar-refractivity contribution in [2.75, 3.05) is 26.2 Å². The Kier molecular flexibility index (Phi) is 3.85. The van der Waals surface area contributed by atoms with Crippen molar-refractivity contribution in [1.82, 2.24) is 0 Å². The van der Waals surface area contributed by atoms with Gasteiger partial charge in [0.25, 0.3) is 0 Å². The maximum Gasteiger partial charge on any atom is 0.119 e. The number of ether oxygens (including phenoxy) is 2. The zero-order valence-corrected chi connectivity index (χ0v) is 14.7. The molecule has 25 heavy (non-hydrogen) atoms. The molecule has 3 nitrogen and oxygen atoms in total. The van der Waals surface area contributed by atoms with Crippen LogP contribution in [-0.4, -0.2) is 21.3 Å². The molecule has 3 aromatic rings. The lowest BCUT2D eigenvalue weighted by atomic mass is 9.85. The summed E-state index contributed by atoms with van der Waals surface area (Å²) in [7, 11) is 5.55. The van der Waals surface area contributed by atoms with Crippen LogP contribution in [0.3, 0.4) is 0 Å². The highest BCUT2D eigenvalue weighted by Gasteiger charge is 2.30. The molecule has 0 bridgehead atoms. The van der Waals surface area contributed by atoms with Gasteiger partial charge in [-0.2, -0.15) is 0 Å². The van der Waals surface area contributed by atoms with Crippen molar-refractivity contribution in [3.05, 3.63) is 77.9 Å². The van der Waals surface area contributed by atoms with E-state index < -0.39 is 0 Å². The number of benzene rings is 3. The Morgan fingerprint density at radius 3 is 2.16 bits per heavy atom. The van der Waals surface area contributed by atoms with Gasteiger partial charge in [0.1, 0.15) is 11.5 Å². The highest BCUT2D eigenvalue weighted by atomic mass is 16.5. The van der Waals surface area contributed by atoms with E-state index in [1.807, 2.05) is 18.2 Å². The predicted octanol–water partition coefficient (Wildman–Crippen LogP) is 4.91. The standard InChI is InChI=1S/C22H21NO2/c1-23-21-7-5-4-6-19(21)18-13-12-17(25-3)14-20(18)22(23)15-8-10-16(24-2)11-9-15/h4-14,22H,1-3H3. The second-order valence-electron chi connectivity index (χ2n) is 6.26. The average Bonchev–Trinajstić information content (AvgIpc) is 2.68. The Hall–Kier alpha value is -2.94. The first-order valence-electron chi connectivity index (χ1n) is 8.37. The zero-order chi connectivity index (χ0) is 17.4. The van der Waals surface area contributed by atoms with Crippen LogP contribution in [0.25, 0.3) is 11.1 Å². The first kappa shape index (κ1) is 15.6. The smallest absolute Gasteiger partial charge is 0.119 e. The second-order valence-corrected chi connectivity index (χ2v) is 6.26. The van der Waals surface area contributed by atoms with Gasteiger partial charge >= 0.3 is 0 Å². The van der Waals surface area contributed by atoms with E-state index in [9.17, 15) is 0 Å². The Bertz CT molecular complexity index is 902. The van der Waals surface area contributed by atoms with Gasteiger partial charge in [-0.05, 0) is 47.0 Å². The molecule has 0 amide bonds. The number of fused-ring (bicyclic) bond motifs is 3. The number of para-hydroxylation sites is 1. The molecule has 1 aliphatic heterocycles. The van der Waals surface area contributed by atoms with Crippen molar-refractivity contribution < 1.29 is 9.47 Å². The van der Waals surface area contributed by atoms with Crippen molar-refractivity contribution in [3.8, 4) is 22.6 Å². The molecule has 126 valence electrons. The Balaban J connectivity index is 1.92. The number of hydrogen-bond donors (Lipinski definition) is 0. The molecule has 0 N–H and O–H groups in total. The molecule has 1 atom stereocenters. The van der Waals surface area contributed by atoms with Gasteiger partial charge < -0.3 is 14.4 Å². The van der Waals surface area contributed by atoms with Gasteiger partial charge in [-0.3, -0.25) is 0 Å². The van der Waals surface area contributed by atoms with E-state index in [1.165, 1.54) is 27.9 Å². The first-order valence-corrected chi connectivity index (χ1v) is 8.37. The fraction of sp³-hybridized carbons (Fsp3) is 0.182. The summed E-state index contributed by atoms with van der Waals surface area (Å²) in [6.45, 7) is 0. The summed E-state index contributed by atoms with van der Waals surface area (Å²) in [6.07, 6.45) is 0. The monoisotopic (exact) mass is 331 g/mol. The van der Waals surface area contributed by atoms with Gasteiger partial charge in [0.2, 0.25) is 0 Å². The van der Waals surface area contributed by atoms with E-state index in [0.717, 1.165) is 11.5 Å². The fourth-order valence-electron chi connectivity index (χ4n) is 3.69. The van der Waals surface area contributed by atoms with Crippen molar-refractivity contribution >= 4 is 5.69 Å². The van der Waals surface area contributed by atoms with E-state index in [2.05, 4.69) is 60.5 Å². The third kappa shape index (κ3) is 2.52. The number of methoxy groups -OCH3 is 2. The molecular weight excluding hydrogens is 310 g/mol. The van der Waals surface area contributed by atoms with Gasteiger partial charge in [-0.15, -0.1) is 0 Å². The third-order valence-corrected chi connectivity index (χ3v) is 4.95. The van der Waals surface area contributed by atoms with Crippen molar-refractivity contribution in [2.24, 2.45) is 0 Å². The quantitative estimate of drug-likeness (QED) is 0.680. The van der Waals surface area contributed by atoms with Crippen LogP contribution in [0.15, 0.2) is 66.7 Å². The van der Waals surface area contributed by atoms with Crippen molar-refractivity contribution in [3.63, 3.8) is 0 Å². The molecule has 1 heterocycles. The summed E-state index contributed by atoms with van der Waals surface area (Å²) in [5.41, 5.74) is 6.24. The molecule has 0 saturated heterocycles. The molecule has 0 aromatic heterocycles. The van der Waals surface area contributed by atoms with Gasteiger partial charge in [-0.25, -0.2) is 0 Å². The van der Waals surface area contributed by atoms with E-state index in [1.54, 1.807) is 14.2 Å². The van der Waals surface area contributed by atoms with Crippen LogP contribution in [0.1, 0.15) is 17.2 Å². The van der Waals surface area contributed by atoms with Gasteiger partial charge in [0, 0.05) is 18.3 Å². The summed E-state index contributed by atoms with van der Waals surface area (Å²) in [5, 5.41) is 0. The number of hydrogen-bond acceptors (Lipinski definition) is 3. The summed E-state index contributed by atoms with van der Waals surface area (Å²) in [5.74, 6) is 1.75. The molecule has 1 unspecified atom stereocenters. The lowest BCUT2D eigenvalue weighted by Gasteiger charge is -2.38. The van der Waals surface area contributed by atoms with Crippen LogP contribution in [-0.2, 0) is 0 Å². The Morgan fingerprint density at radius 2 is 1.44 bits per heavy atom. The summed E-state index contributed by atoms with van der Waals surface area (Å²) in [4.78, 5) is 2.33. The normalized spacial score (nSPS) is 15.3. The molecule has 0 spiro atoms. The fourth-order valence-corrected chi connectivity index (χ4v) is 3.69. The van der Waals surface area contributed by atoms with Crippen LogP contribution in [0.4, 0.5) is 5.69 Å². The van der Waals surface area contributed by atoms with Crippen LogP contribution < -0.4 is 14.4 Å². The minimum atomic E-state index is 0.130. The van der Waals surface area contributed by atoms with Crippen LogP contribution in [0.2, 0.25) is 0 Å². The zero-order valence-electron chi connectivity index (χ0n) is 14.7. The predicted molar refractivity (Wildman–Crippen MR) is 102 cm³/mol. The largest absolute Gasteiger partial charge is 0.497 e. The molecule has 0 aliphatic carbocycles. The Morgan fingerprint density at radius 1 is 0.760 bits per heavy atom. The molecule has 0 saturated carbocycles. The topological polar surface area (TPSA) is 21.7 Å². The van der Waals surface area contributed by atoms with E-state index >= 15 is 0 Å². The maximum absolute atomic E-state index is 5.49. The SMILES string of the molecule is COc1ccc(C2c3cc(OC)ccc3-c3ccccc3N2C)cc1. The third-order valence-electron chi connectivity index (χ3n) is 4.95. The number of nitrogens with zero attached hydrogens (tertiary/aromatic N) is 1. The van der Waals surface area contributed by atoms with Crippen LogP contribution in [0.5, 0.6) is 11.5 Å². The number of rotatable bonds is 3. The summed E-state index contributed by atoms with van der Waals surface area (Å²) in [6, 6.07) is 23.3. The van der Waals surface area contributed by atoms with E-state index in [-0.39, 0.29) is 6.04 Å². The molecule has 0 radical (unpaired) electrons. The lowest BCUT2D eigenvalue weighted by molar-refractivity contribution is 0.413. The van der Waals surface area contributed by atoms with Crippen LogP contribution >= 0.6 is 0 Å². The highest BCUT2D eigenvalue weighted by molar-refractivity contribution is 5.85. The molecule has 3 heteroatoms. The van der Waals surface area contributed by atoms with Gasteiger partial charge in [0.15, 0.2) is 0 Å². The van der Waals surface area contributed by atoms with Gasteiger partial charge in [-0.1, -0.05) is 36.4 Å². The van der Waals surface area contributed by atoms with E-state index in [4.69, 9.17) is 9.47 Å². The Labute approximate surface area is 148 Å². The minimum absolute atomic E-state index is 0.130. The average molecular weight is 331 g/mol. The molecule has 0 fully saturated rings. The highest BCUT2D eigenvalue weighted by Crippen LogP contribution is 2.47. The van der Waals surface area contributed by atoms with Crippen molar-refractivity contribution in [2.45, 2.75) is 6.04 Å². The summed E-state index contributed by atoms with van der Waals surface area (Å²) >= 11 is 0. The lowest BCUT2D eigenvalue weighted by Crippen LogP contribution is -2.29. The summed E-state index contributed by atoms with van der Waals surface area (Å²) < 4.78 is 10.8. The van der Waals surface area contributed by atoms with Crippen molar-refractivity contribution in [1.29, 1.82) is 0 Å². The molecule has 3 aromatic carbocycles. The van der Waals surface area contributed by atoms with E-state index in [0.29, 0.717) is 0 Å². The molecule has 4 rings (SSSR count). The second kappa shape index (κ2) is 6.17. The minimum Gasteiger partial charge on any atom is -0.497 e. The van der Waals surface area contributed by atoms with Gasteiger partial charge in [0.05, 0.1) is 20.3 Å². The maximum atomic E-state index is 5.49. The van der Waals surface area contributed by atoms with Crippen LogP contribution in [0, 0.1) is 0 Å².